The lowest BCUT2D eigenvalue weighted by molar-refractivity contribution is 0.0725. The van der Waals surface area contributed by atoms with E-state index in [0.29, 0.717) is 42.5 Å². The van der Waals surface area contributed by atoms with Crippen LogP contribution in [0.15, 0.2) is 48.7 Å². The van der Waals surface area contributed by atoms with E-state index < -0.39 is 0 Å². The third kappa shape index (κ3) is 4.76. The molecule has 0 atom stereocenters. The highest BCUT2D eigenvalue weighted by atomic mass is 35.5. The molecule has 10 heteroatoms. The predicted molar refractivity (Wildman–Crippen MR) is 133 cm³/mol. The number of hydrogen-bond donors (Lipinski definition) is 2. The van der Waals surface area contributed by atoms with E-state index in [0.717, 1.165) is 29.8 Å². The van der Waals surface area contributed by atoms with Crippen LogP contribution in [0, 0.1) is 0 Å². The molecule has 2 aliphatic rings. The Morgan fingerprint density at radius 3 is 2.71 bits per heavy atom. The molecule has 2 amide bonds. The Morgan fingerprint density at radius 2 is 2.00 bits per heavy atom. The Labute approximate surface area is 207 Å². The SMILES string of the molecule is Cn1nc(C(=O)NCc2ccc(Cl)cc2)c2c1C(=O)N(CC1(SNc3ccccn3)CC1)CC2. The van der Waals surface area contributed by atoms with Gasteiger partial charge in [0.1, 0.15) is 11.5 Å². The first kappa shape index (κ1) is 22.7. The Bertz CT molecular complexity index is 1210. The van der Waals surface area contributed by atoms with Gasteiger partial charge in [-0.1, -0.05) is 29.8 Å². The van der Waals surface area contributed by atoms with E-state index in [-0.39, 0.29) is 16.6 Å². The van der Waals surface area contributed by atoms with Crippen LogP contribution in [0.2, 0.25) is 5.02 Å². The zero-order chi connectivity index (χ0) is 23.7. The van der Waals surface area contributed by atoms with E-state index in [9.17, 15) is 9.59 Å². The molecule has 0 bridgehead atoms. The van der Waals surface area contributed by atoms with Gasteiger partial charge in [-0.3, -0.25) is 14.3 Å². The number of anilines is 1. The van der Waals surface area contributed by atoms with Gasteiger partial charge in [0, 0.05) is 43.5 Å². The summed E-state index contributed by atoms with van der Waals surface area (Å²) >= 11 is 7.56. The number of carbonyl (C=O) groups excluding carboxylic acids is 2. The average Bonchev–Trinajstić information content (AvgIpc) is 3.53. The maximum atomic E-state index is 13.3. The first-order chi connectivity index (χ1) is 16.4. The third-order valence-electron chi connectivity index (χ3n) is 6.17. The lowest BCUT2D eigenvalue weighted by atomic mass is 10.0. The van der Waals surface area contributed by atoms with Crippen molar-refractivity contribution in [2.24, 2.45) is 7.05 Å². The normalized spacial score (nSPS) is 16.2. The minimum atomic E-state index is -0.276. The monoisotopic (exact) mass is 496 g/mol. The van der Waals surface area contributed by atoms with Gasteiger partial charge in [-0.15, -0.1) is 0 Å². The molecule has 0 saturated heterocycles. The topological polar surface area (TPSA) is 92.2 Å². The van der Waals surface area contributed by atoms with Gasteiger partial charge in [-0.25, -0.2) is 4.98 Å². The molecular formula is C24H25ClN6O2S. The fourth-order valence-corrected chi connectivity index (χ4v) is 5.23. The van der Waals surface area contributed by atoms with Crippen LogP contribution in [0.1, 0.15) is 44.9 Å². The Balaban J connectivity index is 1.24. The van der Waals surface area contributed by atoms with Crippen molar-refractivity contribution in [3.05, 3.63) is 76.2 Å². The van der Waals surface area contributed by atoms with E-state index in [2.05, 4.69) is 20.1 Å². The number of aryl methyl sites for hydroxylation is 1. The highest BCUT2D eigenvalue weighted by Crippen LogP contribution is 2.49. The molecule has 2 N–H and O–H groups in total. The van der Waals surface area contributed by atoms with Crippen LogP contribution >= 0.6 is 23.5 Å². The van der Waals surface area contributed by atoms with Crippen LogP contribution in [-0.2, 0) is 20.0 Å². The van der Waals surface area contributed by atoms with Crippen molar-refractivity contribution in [3.8, 4) is 0 Å². The Hall–Kier alpha value is -3.04. The van der Waals surface area contributed by atoms with Crippen LogP contribution in [0.4, 0.5) is 5.82 Å². The number of benzene rings is 1. The highest BCUT2D eigenvalue weighted by Gasteiger charge is 2.47. The summed E-state index contributed by atoms with van der Waals surface area (Å²) < 4.78 is 4.85. The standard InChI is InChI=1S/C24H25ClN6O2S/c1-30-21-18(20(28-30)22(32)27-14-16-5-7-17(25)8-6-16)9-13-31(23(21)33)15-24(10-11-24)34-29-19-4-2-3-12-26-19/h2-8,12H,9-11,13-15H2,1H3,(H,26,29)(H,27,32). The number of amides is 2. The molecule has 2 aromatic heterocycles. The predicted octanol–water partition coefficient (Wildman–Crippen LogP) is 3.69. The van der Waals surface area contributed by atoms with Crippen LogP contribution in [0.3, 0.4) is 0 Å². The second kappa shape index (κ2) is 9.31. The minimum Gasteiger partial charge on any atom is -0.347 e. The summed E-state index contributed by atoms with van der Waals surface area (Å²) in [6.45, 7) is 1.59. The molecule has 0 spiro atoms. The summed E-state index contributed by atoms with van der Waals surface area (Å²) in [6.07, 6.45) is 4.44. The van der Waals surface area contributed by atoms with Crippen LogP contribution in [0.5, 0.6) is 0 Å². The van der Waals surface area contributed by atoms with Crippen molar-refractivity contribution >= 4 is 41.2 Å². The molecule has 3 heterocycles. The largest absolute Gasteiger partial charge is 0.347 e. The van der Waals surface area contributed by atoms with Gasteiger partial charge < -0.3 is 14.9 Å². The molecule has 176 valence electrons. The molecule has 34 heavy (non-hydrogen) atoms. The van der Waals surface area contributed by atoms with E-state index >= 15 is 0 Å². The van der Waals surface area contributed by atoms with Gasteiger partial charge in [0.05, 0.1) is 4.75 Å². The lowest BCUT2D eigenvalue weighted by Crippen LogP contribution is -2.43. The first-order valence-electron chi connectivity index (χ1n) is 11.2. The van der Waals surface area contributed by atoms with Crippen molar-refractivity contribution in [3.63, 3.8) is 0 Å². The van der Waals surface area contributed by atoms with E-state index in [4.69, 9.17) is 11.6 Å². The van der Waals surface area contributed by atoms with Gasteiger partial charge in [-0.05, 0) is 61.0 Å². The summed E-state index contributed by atoms with van der Waals surface area (Å²) in [5, 5.41) is 7.96. The average molecular weight is 497 g/mol. The second-order valence-corrected chi connectivity index (χ2v) is 10.4. The van der Waals surface area contributed by atoms with Crippen LogP contribution in [-0.4, -0.2) is 49.3 Å². The molecular weight excluding hydrogens is 472 g/mol. The van der Waals surface area contributed by atoms with Crippen LogP contribution in [0.25, 0.3) is 0 Å². The fourth-order valence-electron chi connectivity index (χ4n) is 4.14. The summed E-state index contributed by atoms with van der Waals surface area (Å²) in [7, 11) is 1.72. The third-order valence-corrected chi connectivity index (χ3v) is 7.71. The molecule has 0 radical (unpaired) electrons. The molecule has 1 aliphatic carbocycles. The molecule has 8 nitrogen and oxygen atoms in total. The smallest absolute Gasteiger partial charge is 0.272 e. The molecule has 3 aromatic rings. The molecule has 5 rings (SSSR count). The lowest BCUT2D eigenvalue weighted by Gasteiger charge is -2.30. The summed E-state index contributed by atoms with van der Waals surface area (Å²) in [4.78, 5) is 32.4. The van der Waals surface area contributed by atoms with Crippen molar-refractivity contribution in [1.29, 1.82) is 0 Å². The quantitative estimate of drug-likeness (QED) is 0.462. The summed E-state index contributed by atoms with van der Waals surface area (Å²) in [5.41, 5.74) is 2.49. The number of fused-ring (bicyclic) bond motifs is 1. The number of hydrogen-bond acceptors (Lipinski definition) is 6. The number of aromatic nitrogens is 3. The minimum absolute atomic E-state index is 0.0118. The number of nitrogens with zero attached hydrogens (tertiary/aromatic N) is 4. The molecule has 1 fully saturated rings. The first-order valence-corrected chi connectivity index (χ1v) is 12.4. The van der Waals surface area contributed by atoms with E-state index in [1.165, 1.54) is 0 Å². The molecule has 1 saturated carbocycles. The molecule has 1 aromatic carbocycles. The zero-order valence-electron chi connectivity index (χ0n) is 18.8. The van der Waals surface area contributed by atoms with Crippen molar-refractivity contribution < 1.29 is 9.59 Å². The maximum Gasteiger partial charge on any atom is 0.272 e. The maximum absolute atomic E-state index is 13.3. The van der Waals surface area contributed by atoms with Gasteiger partial charge >= 0.3 is 0 Å². The number of nitrogens with one attached hydrogen (secondary N) is 2. The summed E-state index contributed by atoms with van der Waals surface area (Å²) in [5.74, 6) is 0.464. The highest BCUT2D eigenvalue weighted by molar-refractivity contribution is 8.02. The van der Waals surface area contributed by atoms with Gasteiger partial charge in [0.2, 0.25) is 0 Å². The van der Waals surface area contributed by atoms with Crippen LogP contribution < -0.4 is 10.0 Å². The Morgan fingerprint density at radius 1 is 1.21 bits per heavy atom. The van der Waals surface area contributed by atoms with Crippen molar-refractivity contribution in [1.82, 2.24) is 25.0 Å². The van der Waals surface area contributed by atoms with Gasteiger partial charge in [0.25, 0.3) is 11.8 Å². The van der Waals surface area contributed by atoms with Gasteiger partial charge in [0.15, 0.2) is 5.69 Å². The second-order valence-electron chi connectivity index (χ2n) is 8.69. The Kier molecular flexibility index (Phi) is 6.22. The molecule has 1 aliphatic heterocycles. The zero-order valence-corrected chi connectivity index (χ0v) is 20.3. The number of rotatable bonds is 8. The van der Waals surface area contributed by atoms with Crippen molar-refractivity contribution in [2.45, 2.75) is 30.6 Å². The van der Waals surface area contributed by atoms with Gasteiger partial charge in [-0.2, -0.15) is 5.10 Å². The summed E-state index contributed by atoms with van der Waals surface area (Å²) in [6, 6.07) is 13.1. The molecule has 0 unspecified atom stereocenters. The van der Waals surface area contributed by atoms with E-state index in [1.807, 2.05) is 35.2 Å². The van der Waals surface area contributed by atoms with Crippen molar-refractivity contribution in [2.75, 3.05) is 17.8 Å². The fraction of sp³-hybridized carbons (Fsp3) is 0.333. The number of pyridine rings is 1. The number of carbonyl (C=O) groups is 2. The van der Waals surface area contributed by atoms with E-state index in [1.54, 1.807) is 42.0 Å². The number of halogens is 1.